The van der Waals surface area contributed by atoms with Crippen LogP contribution in [0.15, 0.2) is 29.4 Å². The highest BCUT2D eigenvalue weighted by Crippen LogP contribution is 2.28. The average molecular weight is 321 g/mol. The largest absolute Gasteiger partial charge is 0.345 e. The number of hydrogen-bond donors (Lipinski definition) is 4. The second kappa shape index (κ2) is 5.31. The molecule has 1 saturated heterocycles. The summed E-state index contributed by atoms with van der Waals surface area (Å²) in [5, 5.41) is 0.629. The van der Waals surface area contributed by atoms with Crippen LogP contribution in [-0.2, 0) is 10.0 Å². The summed E-state index contributed by atoms with van der Waals surface area (Å²) < 4.78 is 28.2. The zero-order valence-corrected chi connectivity index (χ0v) is 12.9. The van der Waals surface area contributed by atoms with E-state index < -0.39 is 10.0 Å². The maximum Gasteiger partial charge on any atom is 0.243 e. The standard InChI is InChI=1S/C14H19N5O2S/c20-22(21,13-8-16-14-11(13)2-1-5-15-14)19-10-4-3-9-7-17-18-12(9)6-10/h1-2,5,8-10,12,17-19H,3-4,6-7H2,(H,15,16). The number of fused-ring (bicyclic) bond motifs is 2. The Hall–Kier alpha value is -1.48. The fourth-order valence-electron chi connectivity index (χ4n) is 3.52. The SMILES string of the molecule is O=S(=O)(NC1CCC2CNNC2C1)c1c[nH]c2ncccc12. The normalized spacial score (nSPS) is 28.8. The Kier molecular flexibility index (Phi) is 3.41. The number of hydrogen-bond acceptors (Lipinski definition) is 5. The molecule has 2 fully saturated rings. The molecule has 118 valence electrons. The minimum Gasteiger partial charge on any atom is -0.345 e. The maximum absolute atomic E-state index is 12.7. The van der Waals surface area contributed by atoms with Gasteiger partial charge in [-0.1, -0.05) is 0 Å². The molecule has 3 atom stereocenters. The van der Waals surface area contributed by atoms with E-state index in [9.17, 15) is 8.42 Å². The van der Waals surface area contributed by atoms with Gasteiger partial charge in [-0.05, 0) is 37.3 Å². The number of pyridine rings is 1. The highest BCUT2D eigenvalue weighted by molar-refractivity contribution is 7.89. The van der Waals surface area contributed by atoms with Crippen molar-refractivity contribution in [2.75, 3.05) is 6.54 Å². The molecular weight excluding hydrogens is 302 g/mol. The van der Waals surface area contributed by atoms with E-state index in [4.69, 9.17) is 0 Å². The third kappa shape index (κ3) is 2.41. The van der Waals surface area contributed by atoms with Crippen LogP contribution >= 0.6 is 0 Å². The molecule has 8 heteroatoms. The van der Waals surface area contributed by atoms with Crippen molar-refractivity contribution in [1.82, 2.24) is 25.5 Å². The molecule has 7 nitrogen and oxygen atoms in total. The lowest BCUT2D eigenvalue weighted by atomic mass is 9.83. The van der Waals surface area contributed by atoms with Crippen LogP contribution in [0.5, 0.6) is 0 Å². The number of aromatic amines is 1. The minimum atomic E-state index is -3.54. The lowest BCUT2D eigenvalue weighted by Gasteiger charge is -2.31. The lowest BCUT2D eigenvalue weighted by molar-refractivity contribution is 0.291. The molecule has 3 heterocycles. The molecule has 22 heavy (non-hydrogen) atoms. The number of sulfonamides is 1. The zero-order chi connectivity index (χ0) is 15.2. The Balaban J connectivity index is 1.56. The molecule has 4 rings (SSSR count). The maximum atomic E-state index is 12.7. The van der Waals surface area contributed by atoms with Crippen LogP contribution in [0.3, 0.4) is 0 Å². The van der Waals surface area contributed by atoms with Crippen molar-refractivity contribution in [2.24, 2.45) is 5.92 Å². The molecule has 1 aliphatic carbocycles. The van der Waals surface area contributed by atoms with Gasteiger partial charge in [-0.3, -0.25) is 10.9 Å². The first-order chi connectivity index (χ1) is 10.6. The summed E-state index contributed by atoms with van der Waals surface area (Å²) in [6.07, 6.45) is 5.89. The van der Waals surface area contributed by atoms with Crippen LogP contribution < -0.4 is 15.6 Å². The Bertz CT molecular complexity index is 787. The van der Waals surface area contributed by atoms with Crippen LogP contribution in [-0.4, -0.2) is 37.0 Å². The van der Waals surface area contributed by atoms with Gasteiger partial charge in [-0.15, -0.1) is 0 Å². The van der Waals surface area contributed by atoms with E-state index in [0.717, 1.165) is 25.8 Å². The topological polar surface area (TPSA) is 98.9 Å². The monoisotopic (exact) mass is 321 g/mol. The summed E-state index contributed by atoms with van der Waals surface area (Å²) in [7, 11) is -3.54. The molecular formula is C14H19N5O2S. The number of rotatable bonds is 3. The first-order valence-electron chi connectivity index (χ1n) is 7.56. The Labute approximate surface area is 128 Å². The van der Waals surface area contributed by atoms with Crippen molar-refractivity contribution in [2.45, 2.75) is 36.2 Å². The van der Waals surface area contributed by atoms with E-state index in [0.29, 0.717) is 23.0 Å². The summed E-state index contributed by atoms with van der Waals surface area (Å²) in [6, 6.07) is 3.84. The van der Waals surface area contributed by atoms with Gasteiger partial charge in [0.1, 0.15) is 10.5 Å². The van der Waals surface area contributed by atoms with Gasteiger partial charge in [0.15, 0.2) is 0 Å². The van der Waals surface area contributed by atoms with Crippen molar-refractivity contribution < 1.29 is 8.42 Å². The summed E-state index contributed by atoms with van der Waals surface area (Å²) >= 11 is 0. The molecule has 3 unspecified atom stereocenters. The van der Waals surface area contributed by atoms with Gasteiger partial charge in [-0.25, -0.2) is 18.1 Å². The van der Waals surface area contributed by atoms with Crippen LogP contribution in [0.4, 0.5) is 0 Å². The van der Waals surface area contributed by atoms with Gasteiger partial charge in [0, 0.05) is 36.4 Å². The van der Waals surface area contributed by atoms with Gasteiger partial charge in [0.2, 0.25) is 10.0 Å². The average Bonchev–Trinajstić information content (AvgIpc) is 3.13. The number of H-pyrrole nitrogens is 1. The Morgan fingerprint density at radius 3 is 3.14 bits per heavy atom. The minimum absolute atomic E-state index is 0.0275. The Morgan fingerprint density at radius 2 is 2.23 bits per heavy atom. The number of nitrogens with one attached hydrogen (secondary N) is 4. The second-order valence-corrected chi connectivity index (χ2v) is 7.76. The van der Waals surface area contributed by atoms with Crippen LogP contribution in [0.25, 0.3) is 11.0 Å². The predicted octanol–water partition coefficient (Wildman–Crippen LogP) is 0.486. The van der Waals surface area contributed by atoms with Crippen LogP contribution in [0.1, 0.15) is 19.3 Å². The van der Waals surface area contributed by atoms with Gasteiger partial charge < -0.3 is 4.98 Å². The molecule has 2 aromatic heterocycles. The lowest BCUT2D eigenvalue weighted by Crippen LogP contribution is -2.45. The Morgan fingerprint density at radius 1 is 1.32 bits per heavy atom. The smallest absolute Gasteiger partial charge is 0.243 e. The van der Waals surface area contributed by atoms with E-state index in [1.54, 1.807) is 18.3 Å². The molecule has 0 aromatic carbocycles. The van der Waals surface area contributed by atoms with E-state index in [-0.39, 0.29) is 10.9 Å². The van der Waals surface area contributed by atoms with Crippen molar-refractivity contribution in [3.63, 3.8) is 0 Å². The predicted molar refractivity (Wildman–Crippen MR) is 82.5 cm³/mol. The first kappa shape index (κ1) is 14.1. The molecule has 0 spiro atoms. The van der Waals surface area contributed by atoms with E-state index >= 15 is 0 Å². The van der Waals surface area contributed by atoms with Crippen molar-refractivity contribution >= 4 is 21.1 Å². The van der Waals surface area contributed by atoms with Gasteiger partial charge in [-0.2, -0.15) is 0 Å². The third-order valence-electron chi connectivity index (χ3n) is 4.67. The van der Waals surface area contributed by atoms with E-state index in [1.807, 2.05) is 0 Å². The zero-order valence-electron chi connectivity index (χ0n) is 12.0. The molecule has 0 bridgehead atoms. The number of hydrazine groups is 1. The van der Waals surface area contributed by atoms with Gasteiger partial charge in [0.25, 0.3) is 0 Å². The van der Waals surface area contributed by atoms with Crippen molar-refractivity contribution in [1.29, 1.82) is 0 Å². The summed E-state index contributed by atoms with van der Waals surface area (Å²) in [6.45, 7) is 0.970. The second-order valence-electron chi connectivity index (χ2n) is 6.08. The molecule has 0 radical (unpaired) electrons. The summed E-state index contributed by atoms with van der Waals surface area (Å²) in [5.41, 5.74) is 6.99. The van der Waals surface area contributed by atoms with Crippen molar-refractivity contribution in [3.05, 3.63) is 24.5 Å². The summed E-state index contributed by atoms with van der Waals surface area (Å²) in [4.78, 5) is 7.33. The fourth-order valence-corrected chi connectivity index (χ4v) is 4.97. The number of nitrogens with zero attached hydrogens (tertiary/aromatic N) is 1. The highest BCUT2D eigenvalue weighted by Gasteiger charge is 2.35. The van der Waals surface area contributed by atoms with E-state index in [2.05, 4.69) is 25.5 Å². The highest BCUT2D eigenvalue weighted by atomic mass is 32.2. The molecule has 2 aliphatic rings. The van der Waals surface area contributed by atoms with Crippen molar-refractivity contribution in [3.8, 4) is 0 Å². The molecule has 0 amide bonds. The molecule has 1 saturated carbocycles. The van der Waals surface area contributed by atoms with Crippen LogP contribution in [0, 0.1) is 5.92 Å². The quantitative estimate of drug-likeness (QED) is 0.659. The van der Waals surface area contributed by atoms with Gasteiger partial charge in [0.05, 0.1) is 0 Å². The third-order valence-corrected chi connectivity index (χ3v) is 6.23. The fraction of sp³-hybridized carbons (Fsp3) is 0.500. The molecule has 4 N–H and O–H groups in total. The summed E-state index contributed by atoms with van der Waals surface area (Å²) in [5.74, 6) is 0.609. The first-order valence-corrected chi connectivity index (χ1v) is 9.04. The van der Waals surface area contributed by atoms with Gasteiger partial charge >= 0.3 is 0 Å². The molecule has 2 aromatic rings. The van der Waals surface area contributed by atoms with E-state index in [1.165, 1.54) is 6.20 Å². The number of aromatic nitrogens is 2. The molecule has 1 aliphatic heterocycles. The van der Waals surface area contributed by atoms with Crippen LogP contribution in [0.2, 0.25) is 0 Å².